The van der Waals surface area contributed by atoms with Crippen LogP contribution in [0.15, 0.2) is 36.4 Å². The van der Waals surface area contributed by atoms with E-state index in [9.17, 15) is 13.2 Å². The number of benzene rings is 1. The van der Waals surface area contributed by atoms with E-state index in [1.54, 1.807) is 12.1 Å². The van der Waals surface area contributed by atoms with Gasteiger partial charge in [0.25, 0.3) is 0 Å². The predicted octanol–water partition coefficient (Wildman–Crippen LogP) is 7.61. The molecule has 0 amide bonds. The maximum atomic E-state index is 12.8. The van der Waals surface area contributed by atoms with Crippen LogP contribution in [0, 0.1) is 29.6 Å². The number of rotatable bonds is 2. The van der Waals surface area contributed by atoms with Gasteiger partial charge in [-0.25, -0.2) is 0 Å². The highest BCUT2D eigenvalue weighted by Crippen LogP contribution is 2.54. The quantitative estimate of drug-likeness (QED) is 0.466. The van der Waals surface area contributed by atoms with Crippen LogP contribution in [0.4, 0.5) is 13.2 Å². The van der Waals surface area contributed by atoms with Crippen molar-refractivity contribution in [1.29, 1.82) is 0 Å². The van der Waals surface area contributed by atoms with E-state index in [2.05, 4.69) is 19.1 Å². The van der Waals surface area contributed by atoms with Gasteiger partial charge in [-0.3, -0.25) is 0 Å². The molecule has 27 heavy (non-hydrogen) atoms. The Bertz CT molecular complexity index is 657. The molecule has 6 unspecified atom stereocenters. The van der Waals surface area contributed by atoms with E-state index < -0.39 is 11.7 Å². The van der Waals surface area contributed by atoms with Crippen molar-refractivity contribution in [3.63, 3.8) is 0 Å². The molecule has 0 radical (unpaired) electrons. The molecule has 3 aliphatic carbocycles. The highest BCUT2D eigenvalue weighted by molar-refractivity contribution is 5.27. The van der Waals surface area contributed by atoms with Gasteiger partial charge < -0.3 is 0 Å². The summed E-state index contributed by atoms with van der Waals surface area (Å²) in [6, 6.07) is 5.98. The van der Waals surface area contributed by atoms with Gasteiger partial charge in [0.05, 0.1) is 5.56 Å². The van der Waals surface area contributed by atoms with Gasteiger partial charge in [0.2, 0.25) is 0 Å². The smallest absolute Gasteiger partial charge is 0.166 e. The highest BCUT2D eigenvalue weighted by atomic mass is 19.4. The topological polar surface area (TPSA) is 0 Å². The van der Waals surface area contributed by atoms with Crippen LogP contribution >= 0.6 is 0 Å². The lowest BCUT2D eigenvalue weighted by Crippen LogP contribution is -2.41. The van der Waals surface area contributed by atoms with Crippen LogP contribution in [-0.2, 0) is 6.18 Å². The minimum absolute atomic E-state index is 0.449. The minimum atomic E-state index is -4.24. The van der Waals surface area contributed by atoms with E-state index >= 15 is 0 Å². The molecule has 0 nitrogen and oxygen atoms in total. The Morgan fingerprint density at radius 1 is 0.815 bits per heavy atom. The van der Waals surface area contributed by atoms with Crippen LogP contribution in [0.2, 0.25) is 0 Å². The molecule has 3 aliphatic rings. The summed E-state index contributed by atoms with van der Waals surface area (Å²) in [4.78, 5) is 0. The summed E-state index contributed by atoms with van der Waals surface area (Å²) < 4.78 is 38.4. The average Bonchev–Trinajstić information content (AvgIpc) is 2.67. The van der Waals surface area contributed by atoms with E-state index in [1.807, 2.05) is 0 Å². The lowest BCUT2D eigenvalue weighted by atomic mass is 9.55. The third kappa shape index (κ3) is 3.98. The van der Waals surface area contributed by atoms with Crippen molar-refractivity contribution in [3.05, 3.63) is 47.5 Å². The Labute approximate surface area is 161 Å². The number of fused-ring (bicyclic) bond motifs is 3. The van der Waals surface area contributed by atoms with Gasteiger partial charge in [0.15, 0.2) is 0 Å². The van der Waals surface area contributed by atoms with Crippen LogP contribution in [0.25, 0.3) is 0 Å². The first-order valence-electron chi connectivity index (χ1n) is 10.8. The van der Waals surface area contributed by atoms with Crippen molar-refractivity contribution >= 4 is 0 Å². The van der Waals surface area contributed by atoms with E-state index in [-0.39, 0.29) is 0 Å². The summed E-state index contributed by atoms with van der Waals surface area (Å²) in [7, 11) is 0. The summed E-state index contributed by atoms with van der Waals surface area (Å²) in [6.07, 6.45) is 10.8. The van der Waals surface area contributed by atoms with Gasteiger partial charge in [-0.05, 0) is 111 Å². The molecule has 0 bridgehead atoms. The molecule has 1 aromatic rings. The van der Waals surface area contributed by atoms with Gasteiger partial charge in [-0.15, -0.1) is 0 Å². The zero-order valence-corrected chi connectivity index (χ0v) is 16.2. The standard InChI is InChI=1S/C24H31F3/c1-2-3-16-4-12-22-19(14-16)5-6-20-15-18(9-13-23(20)22)17-7-10-21(11-8-17)24(25,26)27/h2-3,7-8,10-11,16,18-20,22-23H,4-6,9,12-15H2,1H3. The van der Waals surface area contributed by atoms with Crippen molar-refractivity contribution in [1.82, 2.24) is 0 Å². The van der Waals surface area contributed by atoms with Gasteiger partial charge >= 0.3 is 6.18 Å². The molecule has 0 saturated heterocycles. The zero-order chi connectivity index (χ0) is 19.0. The molecule has 3 saturated carbocycles. The predicted molar refractivity (Wildman–Crippen MR) is 103 cm³/mol. The average molecular weight is 377 g/mol. The number of allylic oxidation sites excluding steroid dienone is 2. The summed E-state index contributed by atoms with van der Waals surface area (Å²) in [5.74, 6) is 4.69. The summed E-state index contributed by atoms with van der Waals surface area (Å²) in [5.41, 5.74) is 0.582. The Morgan fingerprint density at radius 2 is 1.44 bits per heavy atom. The first-order valence-corrected chi connectivity index (χ1v) is 10.8. The molecule has 3 heteroatoms. The van der Waals surface area contributed by atoms with Crippen molar-refractivity contribution in [2.45, 2.75) is 70.4 Å². The van der Waals surface area contributed by atoms with Crippen LogP contribution < -0.4 is 0 Å². The van der Waals surface area contributed by atoms with Crippen LogP contribution in [0.5, 0.6) is 0 Å². The van der Waals surface area contributed by atoms with Crippen molar-refractivity contribution < 1.29 is 13.2 Å². The fourth-order valence-electron chi connectivity index (χ4n) is 6.52. The Morgan fingerprint density at radius 3 is 2.07 bits per heavy atom. The largest absolute Gasteiger partial charge is 0.416 e. The Hall–Kier alpha value is -1.25. The van der Waals surface area contributed by atoms with Gasteiger partial charge in [0, 0.05) is 0 Å². The Kier molecular flexibility index (Phi) is 5.40. The van der Waals surface area contributed by atoms with E-state index in [0.717, 1.165) is 41.6 Å². The first-order chi connectivity index (χ1) is 13.0. The van der Waals surface area contributed by atoms with Crippen molar-refractivity contribution in [2.75, 3.05) is 0 Å². The molecule has 4 rings (SSSR count). The van der Waals surface area contributed by atoms with Crippen LogP contribution in [-0.4, -0.2) is 0 Å². The number of hydrogen-bond acceptors (Lipinski definition) is 0. The normalized spacial score (nSPS) is 37.0. The van der Waals surface area contributed by atoms with Gasteiger partial charge in [-0.1, -0.05) is 24.3 Å². The monoisotopic (exact) mass is 376 g/mol. The molecule has 6 atom stereocenters. The third-order valence-electron chi connectivity index (χ3n) is 7.76. The van der Waals surface area contributed by atoms with E-state index in [0.29, 0.717) is 5.92 Å². The highest BCUT2D eigenvalue weighted by Gasteiger charge is 2.44. The number of hydrogen-bond donors (Lipinski definition) is 0. The molecule has 3 fully saturated rings. The second kappa shape index (κ2) is 7.64. The second-order valence-electron chi connectivity index (χ2n) is 9.15. The summed E-state index contributed by atoms with van der Waals surface area (Å²) in [5, 5.41) is 0. The molecular formula is C24H31F3. The third-order valence-corrected chi connectivity index (χ3v) is 7.76. The lowest BCUT2D eigenvalue weighted by molar-refractivity contribution is -0.137. The van der Waals surface area contributed by atoms with Crippen molar-refractivity contribution in [3.8, 4) is 0 Å². The molecule has 0 aromatic heterocycles. The maximum absolute atomic E-state index is 12.8. The number of alkyl halides is 3. The van der Waals surface area contributed by atoms with Crippen molar-refractivity contribution in [2.24, 2.45) is 29.6 Å². The Balaban J connectivity index is 1.40. The van der Waals surface area contributed by atoms with Crippen LogP contribution in [0.1, 0.15) is 75.3 Å². The van der Waals surface area contributed by atoms with E-state index in [4.69, 9.17) is 0 Å². The lowest BCUT2D eigenvalue weighted by Gasteiger charge is -2.50. The molecule has 0 heterocycles. The molecular weight excluding hydrogens is 345 g/mol. The zero-order valence-electron chi connectivity index (χ0n) is 16.2. The van der Waals surface area contributed by atoms with E-state index in [1.165, 1.54) is 57.1 Å². The minimum Gasteiger partial charge on any atom is -0.166 e. The molecule has 0 N–H and O–H groups in total. The number of halogens is 3. The fraction of sp³-hybridized carbons (Fsp3) is 0.667. The van der Waals surface area contributed by atoms with Crippen LogP contribution in [0.3, 0.4) is 0 Å². The summed E-state index contributed by atoms with van der Waals surface area (Å²) >= 11 is 0. The van der Waals surface area contributed by atoms with Gasteiger partial charge in [-0.2, -0.15) is 13.2 Å². The SMILES string of the molecule is CC=CC1CCC2C(CCC3CC(c4ccc(C(F)(F)F)cc4)CCC32)C1. The maximum Gasteiger partial charge on any atom is 0.416 e. The molecule has 0 spiro atoms. The van der Waals surface area contributed by atoms with Gasteiger partial charge in [0.1, 0.15) is 0 Å². The molecule has 0 aliphatic heterocycles. The first kappa shape index (κ1) is 19.1. The molecule has 1 aromatic carbocycles. The second-order valence-corrected chi connectivity index (χ2v) is 9.15. The fourth-order valence-corrected chi connectivity index (χ4v) is 6.52. The summed E-state index contributed by atoms with van der Waals surface area (Å²) in [6.45, 7) is 2.13. The molecule has 148 valence electrons.